The number of carboxylic acids is 1. The number of carboxylic acid groups (broad SMARTS) is 1. The number of hydrogen-bond donors (Lipinski definition) is 1. The van der Waals surface area contributed by atoms with Crippen LogP contribution >= 0.6 is 11.3 Å². The van der Waals surface area contributed by atoms with Crippen LogP contribution in [0.4, 0.5) is 5.69 Å². The Bertz CT molecular complexity index is 534. The molecule has 0 aliphatic carbocycles. The molecule has 0 aliphatic rings. The van der Waals surface area contributed by atoms with Gasteiger partial charge in [-0.25, -0.2) is 0 Å². The first-order valence-electron chi connectivity index (χ1n) is 6.71. The fourth-order valence-electron chi connectivity index (χ4n) is 2.06. The molecule has 1 heterocycles. The summed E-state index contributed by atoms with van der Waals surface area (Å²) in [6.45, 7) is 3.44. The highest BCUT2D eigenvalue weighted by molar-refractivity contribution is 7.09. The summed E-state index contributed by atoms with van der Waals surface area (Å²) in [7, 11) is 0. The molecule has 0 atom stereocenters. The van der Waals surface area contributed by atoms with E-state index in [9.17, 15) is 4.79 Å². The van der Waals surface area contributed by atoms with Crippen LogP contribution in [0.5, 0.6) is 0 Å². The van der Waals surface area contributed by atoms with E-state index in [1.165, 1.54) is 10.4 Å². The molecule has 106 valence electrons. The van der Waals surface area contributed by atoms with Crippen LogP contribution in [0.15, 0.2) is 41.8 Å². The summed E-state index contributed by atoms with van der Waals surface area (Å²) in [5.74, 6) is -0.752. The second-order valence-corrected chi connectivity index (χ2v) is 5.83. The van der Waals surface area contributed by atoms with Gasteiger partial charge in [-0.2, -0.15) is 0 Å². The Balaban J connectivity index is 2.03. The van der Waals surface area contributed by atoms with Crippen LogP contribution in [-0.2, 0) is 11.2 Å². The number of aliphatic carboxylic acids is 1. The van der Waals surface area contributed by atoms with Gasteiger partial charge in [-0.3, -0.25) is 4.79 Å². The van der Waals surface area contributed by atoms with Gasteiger partial charge in [0, 0.05) is 23.7 Å². The zero-order valence-electron chi connectivity index (χ0n) is 11.6. The quantitative estimate of drug-likeness (QED) is 0.847. The molecule has 2 aromatic rings. The van der Waals surface area contributed by atoms with Crippen molar-refractivity contribution < 1.29 is 9.90 Å². The summed E-state index contributed by atoms with van der Waals surface area (Å²) in [5.41, 5.74) is 2.30. The molecule has 0 saturated heterocycles. The molecule has 1 aromatic carbocycles. The van der Waals surface area contributed by atoms with Gasteiger partial charge in [-0.05, 0) is 36.9 Å². The van der Waals surface area contributed by atoms with E-state index in [2.05, 4.69) is 47.5 Å². The normalized spacial score (nSPS) is 10.4. The van der Waals surface area contributed by atoms with Crippen LogP contribution in [0.25, 0.3) is 0 Å². The van der Waals surface area contributed by atoms with Gasteiger partial charge in [0.2, 0.25) is 0 Å². The SMILES string of the molecule is Cc1ccc(N(CCC(=O)O)CCc2cccs2)cc1. The molecule has 1 aromatic heterocycles. The first-order chi connectivity index (χ1) is 9.65. The maximum Gasteiger partial charge on any atom is 0.305 e. The lowest BCUT2D eigenvalue weighted by Crippen LogP contribution is -2.28. The molecule has 0 saturated carbocycles. The molecular formula is C16H19NO2S. The Morgan fingerprint density at radius 3 is 2.55 bits per heavy atom. The number of nitrogens with zero attached hydrogens (tertiary/aromatic N) is 1. The number of benzene rings is 1. The minimum Gasteiger partial charge on any atom is -0.481 e. The lowest BCUT2D eigenvalue weighted by Gasteiger charge is -2.24. The van der Waals surface area contributed by atoms with Crippen molar-refractivity contribution in [3.63, 3.8) is 0 Å². The van der Waals surface area contributed by atoms with E-state index in [0.717, 1.165) is 18.7 Å². The van der Waals surface area contributed by atoms with Crippen molar-refractivity contribution in [1.29, 1.82) is 0 Å². The Labute approximate surface area is 123 Å². The van der Waals surface area contributed by atoms with E-state index in [1.54, 1.807) is 11.3 Å². The van der Waals surface area contributed by atoms with Crippen molar-refractivity contribution in [2.24, 2.45) is 0 Å². The number of hydrogen-bond acceptors (Lipinski definition) is 3. The third kappa shape index (κ3) is 4.38. The monoisotopic (exact) mass is 289 g/mol. The van der Waals surface area contributed by atoms with Crippen LogP contribution in [0.3, 0.4) is 0 Å². The number of rotatable bonds is 7. The van der Waals surface area contributed by atoms with Crippen molar-refractivity contribution in [3.05, 3.63) is 52.2 Å². The molecule has 20 heavy (non-hydrogen) atoms. The molecular weight excluding hydrogens is 270 g/mol. The van der Waals surface area contributed by atoms with Gasteiger partial charge in [-0.1, -0.05) is 23.8 Å². The summed E-state index contributed by atoms with van der Waals surface area (Å²) in [5, 5.41) is 11.0. The van der Waals surface area contributed by atoms with E-state index < -0.39 is 5.97 Å². The zero-order valence-corrected chi connectivity index (χ0v) is 12.4. The minimum atomic E-state index is -0.752. The number of carbonyl (C=O) groups is 1. The van der Waals surface area contributed by atoms with Gasteiger partial charge in [0.15, 0.2) is 0 Å². The fourth-order valence-corrected chi connectivity index (χ4v) is 2.75. The average molecular weight is 289 g/mol. The molecule has 0 amide bonds. The maximum absolute atomic E-state index is 10.8. The lowest BCUT2D eigenvalue weighted by molar-refractivity contribution is -0.136. The Morgan fingerprint density at radius 2 is 1.95 bits per heavy atom. The molecule has 0 aliphatic heterocycles. The van der Waals surface area contributed by atoms with Crippen molar-refractivity contribution >= 4 is 23.0 Å². The standard InChI is InChI=1S/C16H19NO2S/c1-13-4-6-14(7-5-13)17(11-9-16(18)19)10-8-15-3-2-12-20-15/h2-7,12H,8-11H2,1H3,(H,18,19). The Kier molecular flexibility index (Phi) is 5.18. The molecule has 0 bridgehead atoms. The Morgan fingerprint density at radius 1 is 1.20 bits per heavy atom. The molecule has 4 heteroatoms. The van der Waals surface area contributed by atoms with Crippen molar-refractivity contribution in [3.8, 4) is 0 Å². The third-order valence-electron chi connectivity index (χ3n) is 3.20. The summed E-state index contributed by atoms with van der Waals surface area (Å²) >= 11 is 1.74. The zero-order chi connectivity index (χ0) is 14.4. The van der Waals surface area contributed by atoms with Gasteiger partial charge in [0.25, 0.3) is 0 Å². The largest absolute Gasteiger partial charge is 0.481 e. The summed E-state index contributed by atoms with van der Waals surface area (Å²) in [6, 6.07) is 12.4. The van der Waals surface area contributed by atoms with Gasteiger partial charge in [-0.15, -0.1) is 11.3 Å². The van der Waals surface area contributed by atoms with Crippen LogP contribution < -0.4 is 4.90 Å². The number of anilines is 1. The van der Waals surface area contributed by atoms with E-state index in [1.807, 2.05) is 6.07 Å². The van der Waals surface area contributed by atoms with E-state index in [-0.39, 0.29) is 6.42 Å². The van der Waals surface area contributed by atoms with E-state index >= 15 is 0 Å². The molecule has 0 spiro atoms. The second-order valence-electron chi connectivity index (χ2n) is 4.80. The molecule has 0 radical (unpaired) electrons. The summed E-state index contributed by atoms with van der Waals surface area (Å²) in [4.78, 5) is 14.3. The lowest BCUT2D eigenvalue weighted by atomic mass is 10.2. The number of aryl methyl sites for hydroxylation is 1. The predicted molar refractivity (Wildman–Crippen MR) is 83.7 cm³/mol. The van der Waals surface area contributed by atoms with Gasteiger partial charge >= 0.3 is 5.97 Å². The highest BCUT2D eigenvalue weighted by Gasteiger charge is 2.09. The van der Waals surface area contributed by atoms with Crippen molar-refractivity contribution in [1.82, 2.24) is 0 Å². The molecule has 1 N–H and O–H groups in total. The van der Waals surface area contributed by atoms with Gasteiger partial charge in [0.1, 0.15) is 0 Å². The highest BCUT2D eigenvalue weighted by Crippen LogP contribution is 2.17. The first kappa shape index (κ1) is 14.6. The predicted octanol–water partition coefficient (Wildman–Crippen LogP) is 3.58. The van der Waals surface area contributed by atoms with Crippen LogP contribution in [-0.4, -0.2) is 24.2 Å². The van der Waals surface area contributed by atoms with Crippen LogP contribution in [0.1, 0.15) is 16.9 Å². The summed E-state index contributed by atoms with van der Waals surface area (Å²) < 4.78 is 0. The maximum atomic E-state index is 10.8. The van der Waals surface area contributed by atoms with Crippen molar-refractivity contribution in [2.75, 3.05) is 18.0 Å². The highest BCUT2D eigenvalue weighted by atomic mass is 32.1. The smallest absolute Gasteiger partial charge is 0.305 e. The first-order valence-corrected chi connectivity index (χ1v) is 7.59. The molecule has 2 rings (SSSR count). The summed E-state index contributed by atoms with van der Waals surface area (Å²) in [6.07, 6.45) is 1.11. The average Bonchev–Trinajstić information content (AvgIpc) is 2.93. The number of thiophene rings is 1. The molecule has 3 nitrogen and oxygen atoms in total. The minimum absolute atomic E-state index is 0.165. The van der Waals surface area contributed by atoms with Gasteiger partial charge < -0.3 is 10.0 Å². The second kappa shape index (κ2) is 7.10. The Hall–Kier alpha value is -1.81. The van der Waals surface area contributed by atoms with Gasteiger partial charge in [0.05, 0.1) is 6.42 Å². The van der Waals surface area contributed by atoms with E-state index in [4.69, 9.17) is 5.11 Å². The molecule has 0 fully saturated rings. The molecule has 0 unspecified atom stereocenters. The third-order valence-corrected chi connectivity index (χ3v) is 4.14. The van der Waals surface area contributed by atoms with Crippen LogP contribution in [0, 0.1) is 6.92 Å². The fraction of sp³-hybridized carbons (Fsp3) is 0.312. The van der Waals surface area contributed by atoms with Crippen LogP contribution in [0.2, 0.25) is 0 Å². The van der Waals surface area contributed by atoms with E-state index in [0.29, 0.717) is 6.54 Å². The van der Waals surface area contributed by atoms with Crippen molar-refractivity contribution in [2.45, 2.75) is 19.8 Å². The topological polar surface area (TPSA) is 40.5 Å².